The molecule has 1 aromatic carbocycles. The van der Waals surface area contributed by atoms with E-state index in [4.69, 9.17) is 0 Å². The van der Waals surface area contributed by atoms with E-state index in [-0.39, 0.29) is 11.1 Å². The summed E-state index contributed by atoms with van der Waals surface area (Å²) >= 11 is 0. The number of ether oxygens (including phenoxy) is 1. The minimum Gasteiger partial charge on any atom is -0.465 e. The van der Waals surface area contributed by atoms with Crippen molar-refractivity contribution in [1.29, 1.82) is 0 Å². The fourth-order valence-corrected chi connectivity index (χ4v) is 1.26. The van der Waals surface area contributed by atoms with E-state index in [1.807, 2.05) is 0 Å². The molecule has 0 bridgehead atoms. The Bertz CT molecular complexity index is 386. The minimum absolute atomic E-state index is 0.147. The van der Waals surface area contributed by atoms with Gasteiger partial charge in [-0.2, -0.15) is 0 Å². The zero-order valence-corrected chi connectivity index (χ0v) is 8.87. The highest BCUT2D eigenvalue weighted by atomic mass is 19.1. The van der Waals surface area contributed by atoms with Gasteiger partial charge in [0, 0.05) is 0 Å². The van der Waals surface area contributed by atoms with Gasteiger partial charge in [0.05, 0.1) is 18.8 Å². The van der Waals surface area contributed by atoms with Crippen molar-refractivity contribution in [2.75, 3.05) is 7.11 Å². The summed E-state index contributed by atoms with van der Waals surface area (Å²) in [6, 6.07) is 2.65. The number of carbonyl (C=O) groups excluding carboxylic acids is 1. The van der Waals surface area contributed by atoms with Crippen LogP contribution in [-0.4, -0.2) is 18.2 Å². The van der Waals surface area contributed by atoms with Crippen molar-refractivity contribution in [2.45, 2.75) is 20.0 Å². The van der Waals surface area contributed by atoms with E-state index >= 15 is 0 Å². The normalized spacial score (nSPS) is 12.3. The van der Waals surface area contributed by atoms with E-state index in [2.05, 4.69) is 4.74 Å². The highest BCUT2D eigenvalue weighted by Gasteiger charge is 2.15. The number of carbonyl (C=O) groups is 1. The quantitative estimate of drug-likeness (QED) is 0.762. The molecule has 15 heavy (non-hydrogen) atoms. The van der Waals surface area contributed by atoms with Crippen LogP contribution in [0.4, 0.5) is 4.39 Å². The van der Waals surface area contributed by atoms with Crippen molar-refractivity contribution in [3.63, 3.8) is 0 Å². The third-order valence-electron chi connectivity index (χ3n) is 2.25. The van der Waals surface area contributed by atoms with E-state index < -0.39 is 17.9 Å². The summed E-state index contributed by atoms with van der Waals surface area (Å²) in [7, 11) is 1.23. The predicted octanol–water partition coefficient (Wildman–Crippen LogP) is 1.97. The summed E-state index contributed by atoms with van der Waals surface area (Å²) in [4.78, 5) is 11.3. The molecule has 0 amide bonds. The van der Waals surface area contributed by atoms with Crippen LogP contribution in [0.3, 0.4) is 0 Å². The predicted molar refractivity (Wildman–Crippen MR) is 53.1 cm³/mol. The summed E-state index contributed by atoms with van der Waals surface area (Å²) in [5.74, 6) is -1.12. The number of benzene rings is 1. The molecule has 0 aliphatic heterocycles. The fourth-order valence-electron chi connectivity index (χ4n) is 1.26. The number of halogens is 1. The molecule has 0 heterocycles. The lowest BCUT2D eigenvalue weighted by molar-refractivity contribution is 0.0599. The summed E-state index contributed by atoms with van der Waals surface area (Å²) in [6.45, 7) is 3.00. The number of aliphatic hydroxyl groups excluding tert-OH is 1. The van der Waals surface area contributed by atoms with Gasteiger partial charge in [-0.3, -0.25) is 0 Å². The molecule has 0 aliphatic rings. The van der Waals surface area contributed by atoms with Crippen molar-refractivity contribution in [3.8, 4) is 0 Å². The van der Waals surface area contributed by atoms with E-state index in [9.17, 15) is 14.3 Å². The third-order valence-corrected chi connectivity index (χ3v) is 2.25. The minimum atomic E-state index is -0.816. The Morgan fingerprint density at radius 3 is 2.60 bits per heavy atom. The smallest absolute Gasteiger partial charge is 0.338 e. The summed E-state index contributed by atoms with van der Waals surface area (Å²) in [6.07, 6.45) is -0.816. The second-order valence-electron chi connectivity index (χ2n) is 3.34. The number of methoxy groups -OCH3 is 1. The number of hydrogen-bond acceptors (Lipinski definition) is 3. The zero-order valence-electron chi connectivity index (χ0n) is 8.87. The van der Waals surface area contributed by atoms with E-state index in [1.54, 1.807) is 0 Å². The maximum Gasteiger partial charge on any atom is 0.338 e. The van der Waals surface area contributed by atoms with Gasteiger partial charge in [0.25, 0.3) is 0 Å². The molecule has 0 saturated heterocycles. The van der Waals surface area contributed by atoms with Crippen LogP contribution in [0.5, 0.6) is 0 Å². The molecule has 0 spiro atoms. The number of aliphatic hydroxyl groups is 1. The molecule has 4 heteroatoms. The van der Waals surface area contributed by atoms with Gasteiger partial charge in [-0.25, -0.2) is 9.18 Å². The summed E-state index contributed by atoms with van der Waals surface area (Å²) in [5.41, 5.74) is 0.734. The van der Waals surface area contributed by atoms with Crippen LogP contribution < -0.4 is 0 Å². The Morgan fingerprint density at radius 1 is 1.53 bits per heavy atom. The van der Waals surface area contributed by atoms with E-state index in [0.29, 0.717) is 5.56 Å². The molecule has 1 rings (SSSR count). The summed E-state index contributed by atoms with van der Waals surface area (Å²) < 4.78 is 17.9. The number of rotatable bonds is 2. The summed E-state index contributed by atoms with van der Waals surface area (Å²) in [5, 5.41) is 9.30. The first kappa shape index (κ1) is 11.7. The molecule has 1 atom stereocenters. The van der Waals surface area contributed by atoms with Crippen LogP contribution in [0.2, 0.25) is 0 Å². The average molecular weight is 212 g/mol. The van der Waals surface area contributed by atoms with Crippen LogP contribution in [0.25, 0.3) is 0 Å². The van der Waals surface area contributed by atoms with Gasteiger partial charge in [-0.1, -0.05) is 0 Å². The Labute approximate surface area is 87.5 Å². The molecule has 0 aromatic heterocycles. The monoisotopic (exact) mass is 212 g/mol. The lowest BCUT2D eigenvalue weighted by Crippen LogP contribution is -2.07. The first-order valence-electron chi connectivity index (χ1n) is 4.53. The number of esters is 1. The van der Waals surface area contributed by atoms with Gasteiger partial charge in [0.2, 0.25) is 0 Å². The van der Waals surface area contributed by atoms with Crippen LogP contribution >= 0.6 is 0 Å². The van der Waals surface area contributed by atoms with Gasteiger partial charge in [-0.15, -0.1) is 0 Å². The SMILES string of the molecule is COC(=O)c1cc(C(C)O)cc(F)c1C. The van der Waals surface area contributed by atoms with Crippen molar-refractivity contribution in [1.82, 2.24) is 0 Å². The van der Waals surface area contributed by atoms with Crippen LogP contribution in [-0.2, 0) is 4.74 Å². The van der Waals surface area contributed by atoms with Crippen molar-refractivity contribution in [2.24, 2.45) is 0 Å². The molecule has 1 N–H and O–H groups in total. The molecule has 0 fully saturated rings. The average Bonchev–Trinajstić information content (AvgIpc) is 2.20. The first-order chi connectivity index (χ1) is 6.97. The molecule has 3 nitrogen and oxygen atoms in total. The maximum atomic E-state index is 13.4. The molecular formula is C11H13FO3. The van der Waals surface area contributed by atoms with Gasteiger partial charge in [0.1, 0.15) is 5.82 Å². The van der Waals surface area contributed by atoms with Crippen LogP contribution in [0.1, 0.15) is 34.5 Å². The third kappa shape index (κ3) is 2.33. The lowest BCUT2D eigenvalue weighted by Gasteiger charge is -2.10. The molecule has 0 saturated carbocycles. The van der Waals surface area contributed by atoms with Gasteiger partial charge in [-0.05, 0) is 37.1 Å². The Balaban J connectivity index is 3.31. The zero-order chi connectivity index (χ0) is 11.6. The second kappa shape index (κ2) is 4.40. The topological polar surface area (TPSA) is 46.5 Å². The molecule has 82 valence electrons. The fraction of sp³-hybridized carbons (Fsp3) is 0.364. The van der Waals surface area contributed by atoms with E-state index in [0.717, 1.165) is 0 Å². The Hall–Kier alpha value is -1.42. The van der Waals surface area contributed by atoms with Crippen LogP contribution in [0, 0.1) is 12.7 Å². The van der Waals surface area contributed by atoms with Crippen molar-refractivity contribution < 1.29 is 19.0 Å². The standard InChI is InChI=1S/C11H13FO3/c1-6-9(11(14)15-3)4-8(7(2)13)5-10(6)12/h4-5,7,13H,1-3H3. The lowest BCUT2D eigenvalue weighted by atomic mass is 10.0. The van der Waals surface area contributed by atoms with Gasteiger partial charge >= 0.3 is 5.97 Å². The maximum absolute atomic E-state index is 13.4. The largest absolute Gasteiger partial charge is 0.465 e. The molecule has 0 aliphatic carbocycles. The molecule has 0 radical (unpaired) electrons. The van der Waals surface area contributed by atoms with Gasteiger partial charge in [0.15, 0.2) is 0 Å². The Kier molecular flexibility index (Phi) is 3.42. The van der Waals surface area contributed by atoms with Crippen LogP contribution in [0.15, 0.2) is 12.1 Å². The van der Waals surface area contributed by atoms with Crippen molar-refractivity contribution >= 4 is 5.97 Å². The second-order valence-corrected chi connectivity index (χ2v) is 3.34. The molecular weight excluding hydrogens is 199 g/mol. The highest BCUT2D eigenvalue weighted by Crippen LogP contribution is 2.21. The molecule has 1 unspecified atom stereocenters. The first-order valence-corrected chi connectivity index (χ1v) is 4.53. The van der Waals surface area contributed by atoms with Gasteiger partial charge < -0.3 is 9.84 Å². The Morgan fingerprint density at radius 2 is 2.13 bits per heavy atom. The molecule has 1 aromatic rings. The van der Waals surface area contributed by atoms with E-state index in [1.165, 1.54) is 33.1 Å². The number of hydrogen-bond donors (Lipinski definition) is 1. The van der Waals surface area contributed by atoms with Crippen molar-refractivity contribution in [3.05, 3.63) is 34.6 Å². The highest BCUT2D eigenvalue weighted by molar-refractivity contribution is 5.91.